The monoisotopic (exact) mass is 311 g/mol. The van der Waals surface area contributed by atoms with Gasteiger partial charge >= 0.3 is 0 Å². The van der Waals surface area contributed by atoms with Gasteiger partial charge in [0.25, 0.3) is 0 Å². The first kappa shape index (κ1) is 14.2. The largest absolute Gasteiger partial charge is 0.379 e. The van der Waals surface area contributed by atoms with E-state index in [0.29, 0.717) is 6.04 Å². The molecule has 0 bridgehead atoms. The Hall–Kier alpha value is -2.37. The normalized spacial score (nSPS) is 20.7. The molecule has 2 aliphatic rings. The number of anilines is 1. The van der Waals surface area contributed by atoms with E-state index in [1.54, 1.807) is 0 Å². The zero-order chi connectivity index (χ0) is 15.8. The van der Waals surface area contributed by atoms with Crippen molar-refractivity contribution in [3.8, 4) is 0 Å². The van der Waals surface area contributed by atoms with Crippen molar-refractivity contribution in [2.75, 3.05) is 18.4 Å². The Kier molecular flexibility index (Phi) is 3.52. The second kappa shape index (κ2) is 5.68. The summed E-state index contributed by atoms with van der Waals surface area (Å²) in [6.07, 6.45) is 2.52. The second-order valence-electron chi connectivity index (χ2n) is 6.50. The molecular formula is C17H21N5O. The Morgan fingerprint density at radius 1 is 1.26 bits per heavy atom. The molecule has 6 nitrogen and oxygen atoms in total. The van der Waals surface area contributed by atoms with Gasteiger partial charge in [0.1, 0.15) is 0 Å². The first-order valence-corrected chi connectivity index (χ1v) is 8.18. The minimum absolute atomic E-state index is 0.0809. The van der Waals surface area contributed by atoms with Crippen LogP contribution in [-0.2, 0) is 24.7 Å². The van der Waals surface area contributed by atoms with Gasteiger partial charge in [-0.1, -0.05) is 23.4 Å². The van der Waals surface area contributed by atoms with Crippen LogP contribution in [-0.4, -0.2) is 44.9 Å². The average Bonchev–Trinajstić information content (AvgIpc) is 2.92. The molecule has 1 aliphatic heterocycles. The molecule has 2 aromatic rings. The smallest absolute Gasteiger partial charge is 0.226 e. The number of rotatable bonds is 3. The maximum absolute atomic E-state index is 12.7. The fourth-order valence-corrected chi connectivity index (χ4v) is 3.50. The van der Waals surface area contributed by atoms with Crippen molar-refractivity contribution in [2.45, 2.75) is 25.3 Å². The standard InChI is InChI=1S/C17H21N5O/c1-21-16-9-12(7-8-15(16)19-20-21)17(23)22-10-14(11-22)18-13-5-3-2-4-6-13/h2-6,12,14,18H,7-11H2,1H3. The fourth-order valence-electron chi connectivity index (χ4n) is 3.50. The van der Waals surface area contributed by atoms with Crippen molar-refractivity contribution >= 4 is 11.6 Å². The van der Waals surface area contributed by atoms with Gasteiger partial charge < -0.3 is 10.2 Å². The Balaban J connectivity index is 1.32. The Morgan fingerprint density at radius 3 is 2.83 bits per heavy atom. The Bertz CT molecular complexity index is 705. The molecule has 1 saturated heterocycles. The lowest BCUT2D eigenvalue weighted by Crippen LogP contribution is -2.58. The number of carbonyl (C=O) groups is 1. The molecule has 1 aromatic carbocycles. The molecule has 1 aromatic heterocycles. The lowest BCUT2D eigenvalue weighted by Gasteiger charge is -2.42. The first-order chi connectivity index (χ1) is 11.2. The highest BCUT2D eigenvalue weighted by molar-refractivity contribution is 5.80. The van der Waals surface area contributed by atoms with E-state index in [1.165, 1.54) is 0 Å². The molecule has 6 heteroatoms. The molecule has 4 rings (SSSR count). The Labute approximate surface area is 135 Å². The molecule has 0 radical (unpaired) electrons. The third-order valence-corrected chi connectivity index (χ3v) is 4.88. The van der Waals surface area contributed by atoms with Crippen LogP contribution in [0.3, 0.4) is 0 Å². The van der Waals surface area contributed by atoms with E-state index in [4.69, 9.17) is 0 Å². The first-order valence-electron chi connectivity index (χ1n) is 8.18. The maximum Gasteiger partial charge on any atom is 0.226 e. The van der Waals surface area contributed by atoms with Crippen molar-refractivity contribution in [2.24, 2.45) is 13.0 Å². The van der Waals surface area contributed by atoms with Gasteiger partial charge in [-0.3, -0.25) is 9.48 Å². The molecular weight excluding hydrogens is 290 g/mol. The lowest BCUT2D eigenvalue weighted by atomic mass is 9.87. The summed E-state index contributed by atoms with van der Waals surface area (Å²) < 4.78 is 1.81. The lowest BCUT2D eigenvalue weighted by molar-refractivity contribution is -0.140. The van der Waals surface area contributed by atoms with Crippen LogP contribution < -0.4 is 5.32 Å². The number of nitrogens with zero attached hydrogens (tertiary/aromatic N) is 4. The van der Waals surface area contributed by atoms with Gasteiger partial charge in [0, 0.05) is 38.2 Å². The number of carbonyl (C=O) groups excluding carboxylic acids is 1. The highest BCUT2D eigenvalue weighted by Gasteiger charge is 2.36. The predicted molar refractivity (Wildman–Crippen MR) is 87.0 cm³/mol. The highest BCUT2D eigenvalue weighted by atomic mass is 16.2. The molecule has 0 spiro atoms. The third-order valence-electron chi connectivity index (χ3n) is 4.88. The van der Waals surface area contributed by atoms with Crippen LogP contribution >= 0.6 is 0 Å². The molecule has 120 valence electrons. The van der Waals surface area contributed by atoms with Gasteiger partial charge in [0.05, 0.1) is 17.4 Å². The number of benzene rings is 1. The van der Waals surface area contributed by atoms with Crippen LogP contribution in [0, 0.1) is 5.92 Å². The van der Waals surface area contributed by atoms with Gasteiger partial charge in [0.15, 0.2) is 0 Å². The quantitative estimate of drug-likeness (QED) is 0.926. The van der Waals surface area contributed by atoms with Gasteiger partial charge in [-0.05, 0) is 25.0 Å². The number of nitrogens with one attached hydrogen (secondary N) is 1. The van der Waals surface area contributed by atoms with Crippen LogP contribution in [0.2, 0.25) is 0 Å². The number of hydrogen-bond acceptors (Lipinski definition) is 4. The molecule has 1 fully saturated rings. The van der Waals surface area contributed by atoms with Crippen molar-refractivity contribution in [1.29, 1.82) is 0 Å². The van der Waals surface area contributed by atoms with Gasteiger partial charge in [-0.25, -0.2) is 0 Å². The SMILES string of the molecule is Cn1nnc2c1CC(C(=O)N1CC(Nc3ccccc3)C1)CC2. The summed E-state index contributed by atoms with van der Waals surface area (Å²) in [5.74, 6) is 0.361. The molecule has 0 saturated carbocycles. The second-order valence-corrected chi connectivity index (χ2v) is 6.50. The summed E-state index contributed by atoms with van der Waals surface area (Å²) in [7, 11) is 1.90. The van der Waals surface area contributed by atoms with Crippen molar-refractivity contribution in [1.82, 2.24) is 19.9 Å². The molecule has 1 N–H and O–H groups in total. The number of fused-ring (bicyclic) bond motifs is 1. The minimum Gasteiger partial charge on any atom is -0.379 e. The number of hydrogen-bond donors (Lipinski definition) is 1. The van der Waals surface area contributed by atoms with E-state index >= 15 is 0 Å². The minimum atomic E-state index is 0.0809. The third kappa shape index (κ3) is 2.69. The van der Waals surface area contributed by atoms with Gasteiger partial charge in [-0.2, -0.15) is 0 Å². The summed E-state index contributed by atoms with van der Waals surface area (Å²) in [5.41, 5.74) is 3.30. The fraction of sp³-hybridized carbons (Fsp3) is 0.471. The molecule has 1 aliphatic carbocycles. The van der Waals surface area contributed by atoms with Crippen LogP contribution in [0.25, 0.3) is 0 Å². The number of aryl methyl sites for hydroxylation is 2. The van der Waals surface area contributed by atoms with Crippen LogP contribution in [0.1, 0.15) is 17.8 Å². The summed E-state index contributed by atoms with van der Waals surface area (Å²) in [4.78, 5) is 14.6. The van der Waals surface area contributed by atoms with Crippen LogP contribution in [0.5, 0.6) is 0 Å². The molecule has 1 amide bonds. The zero-order valence-electron chi connectivity index (χ0n) is 13.3. The van der Waals surface area contributed by atoms with E-state index in [0.717, 1.165) is 49.4 Å². The van der Waals surface area contributed by atoms with E-state index in [9.17, 15) is 4.79 Å². The summed E-state index contributed by atoms with van der Waals surface area (Å²) >= 11 is 0. The molecule has 2 heterocycles. The molecule has 1 unspecified atom stereocenters. The van der Waals surface area contributed by atoms with Gasteiger partial charge in [0.2, 0.25) is 5.91 Å². The van der Waals surface area contributed by atoms with E-state index < -0.39 is 0 Å². The summed E-state index contributed by atoms with van der Waals surface area (Å²) in [6, 6.07) is 10.5. The highest BCUT2D eigenvalue weighted by Crippen LogP contribution is 2.27. The summed E-state index contributed by atoms with van der Waals surface area (Å²) in [6.45, 7) is 1.58. The number of aromatic nitrogens is 3. The number of para-hydroxylation sites is 1. The average molecular weight is 311 g/mol. The predicted octanol–water partition coefficient (Wildman–Crippen LogP) is 1.24. The van der Waals surface area contributed by atoms with Crippen LogP contribution in [0.15, 0.2) is 30.3 Å². The number of likely N-dealkylation sites (tertiary alicyclic amines) is 1. The van der Waals surface area contributed by atoms with Crippen molar-refractivity contribution in [3.63, 3.8) is 0 Å². The summed E-state index contributed by atoms with van der Waals surface area (Å²) in [5, 5.41) is 11.7. The topological polar surface area (TPSA) is 63.1 Å². The number of amides is 1. The van der Waals surface area contributed by atoms with Gasteiger partial charge in [-0.15, -0.1) is 5.10 Å². The molecule has 1 atom stereocenters. The van der Waals surface area contributed by atoms with Crippen molar-refractivity contribution < 1.29 is 4.79 Å². The van der Waals surface area contributed by atoms with Crippen molar-refractivity contribution in [3.05, 3.63) is 41.7 Å². The van der Waals surface area contributed by atoms with E-state index in [1.807, 2.05) is 34.8 Å². The Morgan fingerprint density at radius 2 is 2.04 bits per heavy atom. The van der Waals surface area contributed by atoms with E-state index in [-0.39, 0.29) is 11.8 Å². The van der Waals surface area contributed by atoms with Crippen LogP contribution in [0.4, 0.5) is 5.69 Å². The molecule has 23 heavy (non-hydrogen) atoms. The van der Waals surface area contributed by atoms with E-state index in [2.05, 4.69) is 27.8 Å². The zero-order valence-corrected chi connectivity index (χ0v) is 13.3. The maximum atomic E-state index is 12.7.